The van der Waals surface area contributed by atoms with Gasteiger partial charge >= 0.3 is 11.9 Å². The first-order chi connectivity index (χ1) is 10.5. The summed E-state index contributed by atoms with van der Waals surface area (Å²) in [6.45, 7) is 8.47. The highest BCUT2D eigenvalue weighted by atomic mass is 16.5. The van der Waals surface area contributed by atoms with Crippen molar-refractivity contribution in [3.05, 3.63) is 35.4 Å². The summed E-state index contributed by atoms with van der Waals surface area (Å²) >= 11 is 0. The van der Waals surface area contributed by atoms with Crippen LogP contribution in [0.4, 0.5) is 0 Å². The second-order valence-electron chi connectivity index (χ2n) is 5.54. The van der Waals surface area contributed by atoms with Gasteiger partial charge in [0.05, 0.1) is 26.1 Å². The van der Waals surface area contributed by atoms with Crippen molar-refractivity contribution in [1.29, 1.82) is 0 Å². The minimum Gasteiger partial charge on any atom is -0.466 e. The summed E-state index contributed by atoms with van der Waals surface area (Å²) in [5.74, 6) is -0.388. The lowest BCUT2D eigenvalue weighted by Gasteiger charge is -2.17. The van der Waals surface area contributed by atoms with Crippen LogP contribution in [-0.4, -0.2) is 25.2 Å². The Morgan fingerprint density at radius 3 is 1.91 bits per heavy atom. The molecule has 0 fully saturated rings. The summed E-state index contributed by atoms with van der Waals surface area (Å²) in [5.41, 5.74) is 2.17. The second kappa shape index (κ2) is 9.23. The third-order valence-corrected chi connectivity index (χ3v) is 3.49. The zero-order valence-electron chi connectivity index (χ0n) is 13.9. The molecule has 0 aliphatic rings. The fraction of sp³-hybridized carbons (Fsp3) is 0.556. The van der Waals surface area contributed by atoms with Crippen LogP contribution in [0.1, 0.15) is 63.5 Å². The van der Waals surface area contributed by atoms with Crippen LogP contribution in [0.25, 0.3) is 0 Å². The van der Waals surface area contributed by atoms with Gasteiger partial charge in [0, 0.05) is 5.92 Å². The van der Waals surface area contributed by atoms with E-state index in [4.69, 9.17) is 9.47 Å². The van der Waals surface area contributed by atoms with E-state index in [9.17, 15) is 9.59 Å². The molecular formula is C18H26O4. The zero-order chi connectivity index (χ0) is 16.5. The molecule has 0 heterocycles. The van der Waals surface area contributed by atoms with Crippen LogP contribution >= 0.6 is 0 Å². The Morgan fingerprint density at radius 2 is 1.45 bits per heavy atom. The van der Waals surface area contributed by atoms with Crippen molar-refractivity contribution in [3.63, 3.8) is 0 Å². The topological polar surface area (TPSA) is 52.6 Å². The van der Waals surface area contributed by atoms with Crippen LogP contribution in [0.5, 0.6) is 0 Å². The number of carbonyl (C=O) groups excluding carboxylic acids is 2. The van der Waals surface area contributed by atoms with Gasteiger partial charge in [-0.3, -0.25) is 9.59 Å². The number of hydrogen-bond acceptors (Lipinski definition) is 4. The Hall–Kier alpha value is -1.84. The highest BCUT2D eigenvalue weighted by Gasteiger charge is 2.21. The first-order valence-corrected chi connectivity index (χ1v) is 7.89. The Bertz CT molecular complexity index is 474. The molecule has 1 aromatic rings. The summed E-state index contributed by atoms with van der Waals surface area (Å²) in [7, 11) is 0. The Morgan fingerprint density at radius 1 is 0.955 bits per heavy atom. The average molecular weight is 306 g/mol. The van der Waals surface area contributed by atoms with Crippen molar-refractivity contribution in [2.24, 2.45) is 0 Å². The van der Waals surface area contributed by atoms with Crippen molar-refractivity contribution in [1.82, 2.24) is 0 Å². The molecule has 0 aliphatic carbocycles. The summed E-state index contributed by atoms with van der Waals surface area (Å²) in [4.78, 5) is 23.6. The van der Waals surface area contributed by atoms with Crippen LogP contribution < -0.4 is 0 Å². The summed E-state index contributed by atoms with van der Waals surface area (Å²) in [5, 5.41) is 0. The van der Waals surface area contributed by atoms with E-state index in [1.165, 1.54) is 5.56 Å². The maximum atomic E-state index is 11.8. The van der Waals surface area contributed by atoms with Crippen LogP contribution in [0.3, 0.4) is 0 Å². The van der Waals surface area contributed by atoms with Crippen LogP contribution in [0, 0.1) is 0 Å². The summed E-state index contributed by atoms with van der Waals surface area (Å²) < 4.78 is 10.0. The van der Waals surface area contributed by atoms with Gasteiger partial charge in [-0.2, -0.15) is 0 Å². The lowest BCUT2D eigenvalue weighted by atomic mass is 9.89. The molecule has 4 heteroatoms. The third-order valence-electron chi connectivity index (χ3n) is 3.49. The Labute approximate surface area is 132 Å². The molecule has 0 spiro atoms. The fourth-order valence-electron chi connectivity index (χ4n) is 2.32. The molecule has 1 rings (SSSR count). The molecule has 0 aliphatic heterocycles. The fourth-order valence-corrected chi connectivity index (χ4v) is 2.32. The highest BCUT2D eigenvalue weighted by Crippen LogP contribution is 2.27. The minimum absolute atomic E-state index is 0.189. The summed E-state index contributed by atoms with van der Waals surface area (Å²) in [6, 6.07) is 8.04. The van der Waals surface area contributed by atoms with Gasteiger partial charge in [-0.05, 0) is 30.9 Å². The lowest BCUT2D eigenvalue weighted by molar-refractivity contribution is -0.145. The maximum Gasteiger partial charge on any atom is 0.306 e. The monoisotopic (exact) mass is 306 g/mol. The van der Waals surface area contributed by atoms with Gasteiger partial charge in [-0.1, -0.05) is 38.1 Å². The summed E-state index contributed by atoms with van der Waals surface area (Å²) in [6.07, 6.45) is 0.377. The quantitative estimate of drug-likeness (QED) is 0.685. The van der Waals surface area contributed by atoms with E-state index in [-0.39, 0.29) is 30.7 Å². The zero-order valence-corrected chi connectivity index (χ0v) is 13.9. The molecule has 4 nitrogen and oxygen atoms in total. The first-order valence-electron chi connectivity index (χ1n) is 7.89. The van der Waals surface area contributed by atoms with E-state index < -0.39 is 0 Å². The molecule has 0 saturated heterocycles. The van der Waals surface area contributed by atoms with E-state index in [0.717, 1.165) is 5.56 Å². The molecule has 0 radical (unpaired) electrons. The first kappa shape index (κ1) is 18.2. The lowest BCUT2D eigenvalue weighted by Crippen LogP contribution is -2.16. The van der Waals surface area contributed by atoms with Gasteiger partial charge in [0.1, 0.15) is 0 Å². The van der Waals surface area contributed by atoms with Crippen LogP contribution in [0.2, 0.25) is 0 Å². The number of ether oxygens (including phenoxy) is 2. The normalized spacial score (nSPS) is 10.8. The van der Waals surface area contributed by atoms with Crippen molar-refractivity contribution in [2.45, 2.75) is 52.4 Å². The van der Waals surface area contributed by atoms with Crippen molar-refractivity contribution in [2.75, 3.05) is 13.2 Å². The molecule has 22 heavy (non-hydrogen) atoms. The van der Waals surface area contributed by atoms with Gasteiger partial charge < -0.3 is 9.47 Å². The van der Waals surface area contributed by atoms with Gasteiger partial charge in [0.2, 0.25) is 0 Å². The third kappa shape index (κ3) is 5.88. The van der Waals surface area contributed by atoms with Gasteiger partial charge in [0.15, 0.2) is 0 Å². The SMILES string of the molecule is CCOC(=O)CC(CC(=O)OCC)c1cccc(C(C)C)c1. The standard InChI is InChI=1S/C18H26O4/c1-5-21-17(19)11-16(12-18(20)22-6-2)15-9-7-8-14(10-15)13(3)4/h7-10,13,16H,5-6,11-12H2,1-4H3. The van der Waals surface area contributed by atoms with Crippen molar-refractivity contribution >= 4 is 11.9 Å². The van der Waals surface area contributed by atoms with Crippen molar-refractivity contribution in [3.8, 4) is 0 Å². The van der Waals surface area contributed by atoms with Gasteiger partial charge in [-0.15, -0.1) is 0 Å². The predicted molar refractivity (Wildman–Crippen MR) is 85.8 cm³/mol. The smallest absolute Gasteiger partial charge is 0.306 e. The molecular weight excluding hydrogens is 280 g/mol. The second-order valence-corrected chi connectivity index (χ2v) is 5.54. The van der Waals surface area contributed by atoms with E-state index >= 15 is 0 Å². The molecule has 0 amide bonds. The van der Waals surface area contributed by atoms with Crippen molar-refractivity contribution < 1.29 is 19.1 Å². The van der Waals surface area contributed by atoms with Gasteiger partial charge in [0.25, 0.3) is 0 Å². The number of carbonyl (C=O) groups is 2. The molecule has 122 valence electrons. The maximum absolute atomic E-state index is 11.8. The minimum atomic E-state index is -0.285. The largest absolute Gasteiger partial charge is 0.466 e. The Balaban J connectivity index is 2.94. The molecule has 0 N–H and O–H groups in total. The van der Waals surface area contributed by atoms with E-state index in [2.05, 4.69) is 26.0 Å². The van der Waals surface area contributed by atoms with E-state index in [1.54, 1.807) is 13.8 Å². The van der Waals surface area contributed by atoms with E-state index in [1.807, 2.05) is 12.1 Å². The number of benzene rings is 1. The van der Waals surface area contributed by atoms with Crippen LogP contribution in [-0.2, 0) is 19.1 Å². The molecule has 0 bridgehead atoms. The molecule has 1 aromatic carbocycles. The molecule has 0 unspecified atom stereocenters. The molecule has 0 atom stereocenters. The number of rotatable bonds is 8. The molecule has 0 aromatic heterocycles. The average Bonchev–Trinajstić information content (AvgIpc) is 2.47. The predicted octanol–water partition coefficient (Wildman–Crippen LogP) is 3.80. The van der Waals surface area contributed by atoms with Crippen LogP contribution in [0.15, 0.2) is 24.3 Å². The highest BCUT2D eigenvalue weighted by molar-refractivity contribution is 5.74. The number of esters is 2. The molecule has 0 saturated carbocycles. The Kier molecular flexibility index (Phi) is 7.64. The van der Waals surface area contributed by atoms with E-state index in [0.29, 0.717) is 19.1 Å². The number of hydrogen-bond donors (Lipinski definition) is 0. The van der Waals surface area contributed by atoms with Gasteiger partial charge in [-0.25, -0.2) is 0 Å².